The van der Waals surface area contributed by atoms with Crippen LogP contribution in [-0.2, 0) is 6.54 Å². The Hall–Kier alpha value is -0.960. The van der Waals surface area contributed by atoms with Crippen LogP contribution < -0.4 is 5.32 Å². The van der Waals surface area contributed by atoms with E-state index < -0.39 is 0 Å². The topological polar surface area (TPSA) is 12.0 Å². The van der Waals surface area contributed by atoms with Crippen LogP contribution in [0.5, 0.6) is 0 Å². The smallest absolute Gasteiger partial charge is 0.123 e. The van der Waals surface area contributed by atoms with Gasteiger partial charge in [-0.2, -0.15) is 0 Å². The van der Waals surface area contributed by atoms with Crippen molar-refractivity contribution in [2.45, 2.75) is 6.54 Å². The Morgan fingerprint density at radius 3 is 2.28 bits per heavy atom. The summed E-state index contributed by atoms with van der Waals surface area (Å²) in [4.78, 5) is 0. The first kappa shape index (κ1) is 13.5. The number of rotatable bonds is 3. The van der Waals surface area contributed by atoms with E-state index in [0.29, 0.717) is 27.3 Å². The molecule has 0 aliphatic carbocycles. The number of hydrogen-bond acceptors (Lipinski definition) is 1. The average molecular weight is 305 g/mol. The van der Waals surface area contributed by atoms with Crippen LogP contribution >= 0.6 is 34.8 Å². The minimum absolute atomic E-state index is 0.275. The molecule has 2 aromatic carbocycles. The van der Waals surface area contributed by atoms with Crippen molar-refractivity contribution in [1.82, 2.24) is 0 Å². The van der Waals surface area contributed by atoms with Gasteiger partial charge in [-0.25, -0.2) is 4.39 Å². The van der Waals surface area contributed by atoms with Gasteiger partial charge in [0.15, 0.2) is 0 Å². The molecule has 0 radical (unpaired) electrons. The fourth-order valence-corrected chi connectivity index (χ4v) is 2.50. The first-order valence-corrected chi connectivity index (χ1v) is 6.32. The third-order valence-corrected chi connectivity index (χ3v) is 3.18. The van der Waals surface area contributed by atoms with E-state index in [9.17, 15) is 4.39 Å². The Bertz CT molecular complexity index is 549. The number of benzene rings is 2. The molecule has 0 spiro atoms. The molecule has 0 aliphatic heterocycles. The van der Waals surface area contributed by atoms with Crippen LogP contribution in [0.3, 0.4) is 0 Å². The lowest BCUT2D eigenvalue weighted by Crippen LogP contribution is -2.01. The zero-order valence-electron chi connectivity index (χ0n) is 9.18. The SMILES string of the molecule is Fc1cccc(CNc2c(Cl)cc(Cl)cc2Cl)c1. The molecule has 0 saturated carbocycles. The summed E-state index contributed by atoms with van der Waals surface area (Å²) in [5.74, 6) is -0.275. The van der Waals surface area contributed by atoms with E-state index in [1.807, 2.05) is 6.07 Å². The van der Waals surface area contributed by atoms with Crippen LogP contribution in [0, 0.1) is 5.82 Å². The molecule has 0 aromatic heterocycles. The minimum atomic E-state index is -0.275. The van der Waals surface area contributed by atoms with Gasteiger partial charge in [0.2, 0.25) is 0 Å². The van der Waals surface area contributed by atoms with Crippen molar-refractivity contribution >= 4 is 40.5 Å². The maximum atomic E-state index is 13.0. The molecule has 0 bridgehead atoms. The molecule has 0 heterocycles. The lowest BCUT2D eigenvalue weighted by Gasteiger charge is -2.11. The second-order valence-electron chi connectivity index (χ2n) is 3.73. The van der Waals surface area contributed by atoms with Crippen molar-refractivity contribution in [3.05, 3.63) is 62.8 Å². The Kier molecular flexibility index (Phi) is 4.33. The summed E-state index contributed by atoms with van der Waals surface area (Å²) in [6, 6.07) is 9.51. The molecule has 1 nitrogen and oxygen atoms in total. The van der Waals surface area contributed by atoms with Crippen LogP contribution in [-0.4, -0.2) is 0 Å². The molecule has 0 atom stereocenters. The second kappa shape index (κ2) is 5.79. The van der Waals surface area contributed by atoms with Crippen LogP contribution in [0.15, 0.2) is 36.4 Å². The highest BCUT2D eigenvalue weighted by molar-refractivity contribution is 6.41. The number of anilines is 1. The van der Waals surface area contributed by atoms with Gasteiger partial charge < -0.3 is 5.32 Å². The molecule has 5 heteroatoms. The Morgan fingerprint density at radius 2 is 1.67 bits per heavy atom. The summed E-state index contributed by atoms with van der Waals surface area (Å²) in [6.07, 6.45) is 0. The van der Waals surface area contributed by atoms with Crippen molar-refractivity contribution in [2.75, 3.05) is 5.32 Å². The molecule has 18 heavy (non-hydrogen) atoms. The van der Waals surface area contributed by atoms with Crippen molar-refractivity contribution < 1.29 is 4.39 Å². The molecular formula is C13H9Cl3FN. The van der Waals surface area contributed by atoms with E-state index in [2.05, 4.69) is 5.32 Å². The van der Waals surface area contributed by atoms with E-state index in [4.69, 9.17) is 34.8 Å². The van der Waals surface area contributed by atoms with Gasteiger partial charge in [-0.15, -0.1) is 0 Å². The maximum Gasteiger partial charge on any atom is 0.123 e. The van der Waals surface area contributed by atoms with Crippen molar-refractivity contribution in [1.29, 1.82) is 0 Å². The molecule has 1 N–H and O–H groups in total. The summed E-state index contributed by atoms with van der Waals surface area (Å²) in [5, 5.41) is 4.40. The molecule has 0 aliphatic rings. The molecule has 0 amide bonds. The highest BCUT2D eigenvalue weighted by Gasteiger charge is 2.07. The molecule has 2 rings (SSSR count). The van der Waals surface area contributed by atoms with Gasteiger partial charge in [-0.05, 0) is 29.8 Å². The summed E-state index contributed by atoms with van der Waals surface area (Å²) in [6.45, 7) is 0.429. The molecule has 0 fully saturated rings. The summed E-state index contributed by atoms with van der Waals surface area (Å²) >= 11 is 17.9. The molecule has 94 valence electrons. The predicted molar refractivity (Wildman–Crippen MR) is 75.2 cm³/mol. The number of nitrogens with one attached hydrogen (secondary N) is 1. The average Bonchev–Trinajstić information content (AvgIpc) is 2.27. The van der Waals surface area contributed by atoms with E-state index >= 15 is 0 Å². The standard InChI is InChI=1S/C13H9Cl3FN/c14-9-5-11(15)13(12(16)6-9)18-7-8-2-1-3-10(17)4-8/h1-6,18H,7H2. The van der Waals surface area contributed by atoms with Gasteiger partial charge in [0.05, 0.1) is 15.7 Å². The Morgan fingerprint density at radius 1 is 1.00 bits per heavy atom. The fraction of sp³-hybridized carbons (Fsp3) is 0.0769. The van der Waals surface area contributed by atoms with Gasteiger partial charge in [-0.3, -0.25) is 0 Å². The summed E-state index contributed by atoms with van der Waals surface area (Å²) in [5.41, 5.74) is 1.39. The van der Waals surface area contributed by atoms with Crippen LogP contribution in [0.25, 0.3) is 0 Å². The van der Waals surface area contributed by atoms with E-state index in [-0.39, 0.29) is 5.82 Å². The van der Waals surface area contributed by atoms with E-state index in [1.165, 1.54) is 12.1 Å². The first-order chi connectivity index (χ1) is 8.56. The molecule has 2 aromatic rings. The zero-order chi connectivity index (χ0) is 13.1. The summed E-state index contributed by atoms with van der Waals surface area (Å²) < 4.78 is 13.0. The molecule has 0 saturated heterocycles. The third kappa shape index (κ3) is 3.29. The largest absolute Gasteiger partial charge is 0.379 e. The lowest BCUT2D eigenvalue weighted by atomic mass is 10.2. The third-order valence-electron chi connectivity index (χ3n) is 2.37. The highest BCUT2D eigenvalue weighted by atomic mass is 35.5. The van der Waals surface area contributed by atoms with Crippen molar-refractivity contribution in [3.8, 4) is 0 Å². The Labute approximate surface area is 119 Å². The normalized spacial score (nSPS) is 10.4. The molecule has 0 unspecified atom stereocenters. The van der Waals surface area contributed by atoms with Gasteiger partial charge in [0.25, 0.3) is 0 Å². The predicted octanol–water partition coefficient (Wildman–Crippen LogP) is 5.40. The van der Waals surface area contributed by atoms with Gasteiger partial charge in [0, 0.05) is 11.6 Å². The zero-order valence-corrected chi connectivity index (χ0v) is 11.5. The van der Waals surface area contributed by atoms with Crippen molar-refractivity contribution in [2.24, 2.45) is 0 Å². The lowest BCUT2D eigenvalue weighted by molar-refractivity contribution is 0.626. The van der Waals surface area contributed by atoms with Gasteiger partial charge >= 0.3 is 0 Å². The quantitative estimate of drug-likeness (QED) is 0.800. The monoisotopic (exact) mass is 303 g/mol. The van der Waals surface area contributed by atoms with Gasteiger partial charge in [0.1, 0.15) is 5.82 Å². The van der Waals surface area contributed by atoms with Gasteiger partial charge in [-0.1, -0.05) is 46.9 Å². The Balaban J connectivity index is 2.16. The highest BCUT2D eigenvalue weighted by Crippen LogP contribution is 2.33. The maximum absolute atomic E-state index is 13.0. The minimum Gasteiger partial charge on any atom is -0.379 e. The van der Waals surface area contributed by atoms with E-state index in [1.54, 1.807) is 18.2 Å². The number of halogens is 4. The van der Waals surface area contributed by atoms with Crippen LogP contribution in [0.2, 0.25) is 15.1 Å². The fourth-order valence-electron chi connectivity index (χ4n) is 1.55. The van der Waals surface area contributed by atoms with Crippen LogP contribution in [0.1, 0.15) is 5.56 Å². The van der Waals surface area contributed by atoms with E-state index in [0.717, 1.165) is 5.56 Å². The number of hydrogen-bond donors (Lipinski definition) is 1. The summed E-state index contributed by atoms with van der Waals surface area (Å²) in [7, 11) is 0. The molecular weight excluding hydrogens is 296 g/mol. The second-order valence-corrected chi connectivity index (χ2v) is 4.98. The first-order valence-electron chi connectivity index (χ1n) is 5.19. The van der Waals surface area contributed by atoms with Crippen molar-refractivity contribution in [3.63, 3.8) is 0 Å². The van der Waals surface area contributed by atoms with Crippen LogP contribution in [0.4, 0.5) is 10.1 Å².